The molecule has 0 atom stereocenters. The molecule has 0 fully saturated rings. The number of benzene rings is 1. The summed E-state index contributed by atoms with van der Waals surface area (Å²) < 4.78 is 6.07. The Balaban J connectivity index is 1.60. The molecule has 4 rings (SSSR count). The van der Waals surface area contributed by atoms with E-state index in [2.05, 4.69) is 66.1 Å². The molecular formula is C23H18OS. The fourth-order valence-electron chi connectivity index (χ4n) is 2.83. The van der Waals surface area contributed by atoms with E-state index in [9.17, 15) is 0 Å². The summed E-state index contributed by atoms with van der Waals surface area (Å²) >= 11 is 1.77. The van der Waals surface area contributed by atoms with Crippen molar-refractivity contribution in [1.29, 1.82) is 0 Å². The predicted octanol–water partition coefficient (Wildman–Crippen LogP) is 7.08. The lowest BCUT2D eigenvalue weighted by molar-refractivity contribution is 0.572. The summed E-state index contributed by atoms with van der Waals surface area (Å²) in [4.78, 5) is 1.28. The molecule has 1 aliphatic rings. The third-order valence-corrected chi connectivity index (χ3v) is 5.07. The largest absolute Gasteiger partial charge is 0.457 e. The summed E-state index contributed by atoms with van der Waals surface area (Å²) in [6.07, 6.45) is 15.7. The van der Waals surface area contributed by atoms with Crippen molar-refractivity contribution in [2.45, 2.75) is 6.42 Å². The Morgan fingerprint density at radius 2 is 1.80 bits per heavy atom. The normalized spacial score (nSPS) is 14.0. The molecule has 0 bridgehead atoms. The number of rotatable bonds is 4. The summed E-state index contributed by atoms with van der Waals surface area (Å²) in [6.45, 7) is 0. The van der Waals surface area contributed by atoms with Crippen molar-refractivity contribution in [3.8, 4) is 11.3 Å². The molecule has 25 heavy (non-hydrogen) atoms. The second-order valence-corrected chi connectivity index (χ2v) is 6.73. The molecule has 2 aromatic heterocycles. The van der Waals surface area contributed by atoms with Gasteiger partial charge in [0.15, 0.2) is 0 Å². The molecule has 1 aromatic carbocycles. The van der Waals surface area contributed by atoms with Crippen LogP contribution in [0.4, 0.5) is 0 Å². The van der Waals surface area contributed by atoms with E-state index in [0.29, 0.717) is 0 Å². The van der Waals surface area contributed by atoms with Crippen LogP contribution in [0.1, 0.15) is 22.6 Å². The monoisotopic (exact) mass is 342 g/mol. The van der Waals surface area contributed by atoms with Crippen LogP contribution in [0.15, 0.2) is 88.7 Å². The average molecular weight is 342 g/mol. The molecule has 0 spiro atoms. The number of hydrogen-bond donors (Lipinski definition) is 0. The zero-order valence-corrected chi connectivity index (χ0v) is 14.6. The Bertz CT molecular complexity index is 964. The first-order chi connectivity index (χ1) is 12.4. The second-order valence-electron chi connectivity index (χ2n) is 5.82. The van der Waals surface area contributed by atoms with Crippen LogP contribution in [0.2, 0.25) is 0 Å². The first-order valence-corrected chi connectivity index (χ1v) is 9.22. The van der Waals surface area contributed by atoms with Crippen molar-refractivity contribution in [1.82, 2.24) is 0 Å². The third kappa shape index (κ3) is 3.65. The Hall–Kier alpha value is -2.84. The predicted molar refractivity (Wildman–Crippen MR) is 108 cm³/mol. The van der Waals surface area contributed by atoms with E-state index in [4.69, 9.17) is 4.42 Å². The smallest absolute Gasteiger partial charge is 0.136 e. The quantitative estimate of drug-likeness (QED) is 0.494. The standard InChI is InChI=1S/C23H18OS/c1-2-7-11-19(10-6-1)23-21(16-17-25-23)22-15-14-20(24-22)13-12-18-8-4-3-5-9-18/h1-10,12-17H,11H2/b13-12+. The minimum Gasteiger partial charge on any atom is -0.457 e. The van der Waals surface area contributed by atoms with Crippen molar-refractivity contribution in [3.63, 3.8) is 0 Å². The molecule has 1 aliphatic carbocycles. The van der Waals surface area contributed by atoms with E-state index in [1.807, 2.05) is 30.3 Å². The summed E-state index contributed by atoms with van der Waals surface area (Å²) in [5.74, 6) is 1.78. The minimum absolute atomic E-state index is 0.866. The van der Waals surface area contributed by atoms with Crippen LogP contribution >= 0.6 is 11.3 Å². The summed E-state index contributed by atoms with van der Waals surface area (Å²) in [5, 5.41) is 2.13. The fourth-order valence-corrected chi connectivity index (χ4v) is 3.77. The molecule has 0 unspecified atom stereocenters. The molecule has 2 heteroatoms. The van der Waals surface area contributed by atoms with Crippen LogP contribution in [0.5, 0.6) is 0 Å². The lowest BCUT2D eigenvalue weighted by atomic mass is 10.1. The molecule has 1 nitrogen and oxygen atoms in total. The second kappa shape index (κ2) is 7.37. The number of furan rings is 1. The van der Waals surface area contributed by atoms with Crippen LogP contribution in [-0.2, 0) is 0 Å². The number of hydrogen-bond acceptors (Lipinski definition) is 2. The molecule has 0 aliphatic heterocycles. The highest BCUT2D eigenvalue weighted by Crippen LogP contribution is 2.36. The van der Waals surface area contributed by atoms with Gasteiger partial charge in [0.2, 0.25) is 0 Å². The summed E-state index contributed by atoms with van der Waals surface area (Å²) in [5.41, 5.74) is 3.66. The Morgan fingerprint density at radius 3 is 2.72 bits per heavy atom. The Labute approximate surface area is 152 Å². The van der Waals surface area contributed by atoms with Gasteiger partial charge in [0.25, 0.3) is 0 Å². The molecular weight excluding hydrogens is 324 g/mol. The first-order valence-electron chi connectivity index (χ1n) is 8.34. The van der Waals surface area contributed by atoms with Crippen molar-refractivity contribution in [2.75, 3.05) is 0 Å². The minimum atomic E-state index is 0.866. The van der Waals surface area contributed by atoms with E-state index in [1.54, 1.807) is 11.3 Å². The molecule has 0 amide bonds. The molecule has 0 radical (unpaired) electrons. The van der Waals surface area contributed by atoms with E-state index in [0.717, 1.165) is 17.9 Å². The van der Waals surface area contributed by atoms with Crippen molar-refractivity contribution in [2.24, 2.45) is 0 Å². The third-order valence-electron chi connectivity index (χ3n) is 4.08. The maximum absolute atomic E-state index is 6.07. The molecule has 2 heterocycles. The first kappa shape index (κ1) is 15.7. The van der Waals surface area contributed by atoms with Crippen LogP contribution in [0.25, 0.3) is 29.0 Å². The van der Waals surface area contributed by atoms with Crippen LogP contribution in [0.3, 0.4) is 0 Å². The van der Waals surface area contributed by atoms with Gasteiger partial charge in [-0.3, -0.25) is 0 Å². The van der Waals surface area contributed by atoms with Crippen molar-refractivity contribution in [3.05, 3.63) is 100 Å². The van der Waals surface area contributed by atoms with E-state index < -0.39 is 0 Å². The van der Waals surface area contributed by atoms with Gasteiger partial charge in [0.1, 0.15) is 11.5 Å². The van der Waals surface area contributed by atoms with Crippen molar-refractivity contribution >= 4 is 29.1 Å². The molecule has 0 N–H and O–H groups in total. The lowest BCUT2D eigenvalue weighted by Crippen LogP contribution is -1.81. The SMILES string of the molecule is C1=CC=C(c2sccc2-c2ccc(/C=C/c3ccccc3)o2)CC=C1. The van der Waals surface area contributed by atoms with Gasteiger partial charge in [0, 0.05) is 10.4 Å². The molecule has 3 aromatic rings. The zero-order valence-electron chi connectivity index (χ0n) is 13.8. The maximum Gasteiger partial charge on any atom is 0.136 e. The number of allylic oxidation sites excluding steroid dienone is 6. The van der Waals surface area contributed by atoms with Gasteiger partial charge in [0.05, 0.1) is 0 Å². The topological polar surface area (TPSA) is 13.1 Å². The van der Waals surface area contributed by atoms with E-state index >= 15 is 0 Å². The van der Waals surface area contributed by atoms with Crippen LogP contribution in [-0.4, -0.2) is 0 Å². The highest BCUT2D eigenvalue weighted by molar-refractivity contribution is 7.11. The van der Waals surface area contributed by atoms with Gasteiger partial charge in [-0.1, -0.05) is 66.8 Å². The summed E-state index contributed by atoms with van der Waals surface area (Å²) in [7, 11) is 0. The average Bonchev–Trinajstić information content (AvgIpc) is 3.24. The Morgan fingerprint density at radius 1 is 0.880 bits per heavy atom. The van der Waals surface area contributed by atoms with Gasteiger partial charge in [-0.15, -0.1) is 11.3 Å². The molecule has 0 saturated heterocycles. The molecule has 122 valence electrons. The maximum atomic E-state index is 6.07. The fraction of sp³-hybridized carbons (Fsp3) is 0.0435. The zero-order chi connectivity index (χ0) is 16.9. The Kier molecular flexibility index (Phi) is 4.62. The lowest BCUT2D eigenvalue weighted by Gasteiger charge is -2.04. The van der Waals surface area contributed by atoms with Gasteiger partial charge in [-0.2, -0.15) is 0 Å². The summed E-state index contributed by atoms with van der Waals surface area (Å²) in [6, 6.07) is 16.5. The highest BCUT2D eigenvalue weighted by atomic mass is 32.1. The van der Waals surface area contributed by atoms with E-state index in [-0.39, 0.29) is 0 Å². The number of thiophene rings is 1. The van der Waals surface area contributed by atoms with Gasteiger partial charge >= 0.3 is 0 Å². The van der Waals surface area contributed by atoms with Crippen LogP contribution < -0.4 is 0 Å². The van der Waals surface area contributed by atoms with Crippen LogP contribution in [0, 0.1) is 0 Å². The van der Waals surface area contributed by atoms with Crippen molar-refractivity contribution < 1.29 is 4.42 Å². The van der Waals surface area contributed by atoms with Gasteiger partial charge in [-0.25, -0.2) is 0 Å². The van der Waals surface area contributed by atoms with Gasteiger partial charge in [-0.05, 0) is 47.2 Å². The van der Waals surface area contributed by atoms with E-state index in [1.165, 1.54) is 21.6 Å². The molecule has 0 saturated carbocycles. The highest BCUT2D eigenvalue weighted by Gasteiger charge is 2.13. The van der Waals surface area contributed by atoms with Gasteiger partial charge < -0.3 is 4.42 Å².